The molecule has 0 unspecified atom stereocenters. The van der Waals surface area contributed by atoms with Gasteiger partial charge in [0.05, 0.1) is 49.7 Å². The second kappa shape index (κ2) is 18.5. The zero-order valence-corrected chi connectivity index (χ0v) is 34.2. The van der Waals surface area contributed by atoms with Gasteiger partial charge in [-0.05, 0) is 79.0 Å². The van der Waals surface area contributed by atoms with E-state index in [2.05, 4.69) is 20.3 Å². The van der Waals surface area contributed by atoms with Crippen LogP contribution in [-0.2, 0) is 21.9 Å². The summed E-state index contributed by atoms with van der Waals surface area (Å²) in [7, 11) is 1.23. The summed E-state index contributed by atoms with van der Waals surface area (Å²) in [5.74, 6) is 1.82. The number of sulfonamides is 1. The van der Waals surface area contributed by atoms with Gasteiger partial charge in [0.25, 0.3) is 0 Å². The van der Waals surface area contributed by atoms with Crippen LogP contribution in [0.4, 0.5) is 21.9 Å². The molecule has 4 aromatic carbocycles. The monoisotopic (exact) mass is 797 g/mol. The van der Waals surface area contributed by atoms with Gasteiger partial charge >= 0.3 is 6.03 Å². The number of ketones is 1. The number of methoxy groups -OCH3 is 2. The van der Waals surface area contributed by atoms with Crippen molar-refractivity contribution in [2.75, 3.05) is 62.6 Å². The molecule has 0 spiro atoms. The van der Waals surface area contributed by atoms with E-state index in [4.69, 9.17) is 19.3 Å². The van der Waals surface area contributed by atoms with Crippen molar-refractivity contribution in [1.82, 2.24) is 9.88 Å². The number of fused-ring (bicyclic) bond motifs is 1. The molecule has 0 radical (unpaired) electrons. The van der Waals surface area contributed by atoms with Crippen LogP contribution in [0.5, 0.6) is 23.0 Å². The van der Waals surface area contributed by atoms with Crippen molar-refractivity contribution in [3.05, 3.63) is 107 Å². The Morgan fingerprint density at radius 3 is 2.25 bits per heavy atom. The maximum absolute atomic E-state index is 13.5. The third kappa shape index (κ3) is 11.4. The van der Waals surface area contributed by atoms with E-state index in [0.29, 0.717) is 66.5 Å². The Morgan fingerprint density at radius 2 is 1.56 bits per heavy atom. The summed E-state index contributed by atoms with van der Waals surface area (Å²) in [4.78, 5) is 33.0. The number of likely N-dealkylation sites (N-methyl/N-ethyl adjacent to an activating group) is 1. The number of benzene rings is 4. The van der Waals surface area contributed by atoms with Crippen LogP contribution >= 0.6 is 0 Å². The lowest BCUT2D eigenvalue weighted by Crippen LogP contribution is -2.23. The summed E-state index contributed by atoms with van der Waals surface area (Å²) in [6, 6.07) is 23.1. The summed E-state index contributed by atoms with van der Waals surface area (Å²) >= 11 is 0. The van der Waals surface area contributed by atoms with Crippen molar-refractivity contribution in [1.29, 1.82) is 0 Å². The predicted octanol–water partition coefficient (Wildman–Crippen LogP) is 7.84. The molecule has 0 bridgehead atoms. The van der Waals surface area contributed by atoms with Crippen molar-refractivity contribution >= 4 is 49.7 Å². The fourth-order valence-electron chi connectivity index (χ4n) is 6.35. The largest absolute Gasteiger partial charge is 0.496 e. The molecule has 0 atom stereocenters. The first kappa shape index (κ1) is 42.4. The van der Waals surface area contributed by atoms with Crippen molar-refractivity contribution in [3.63, 3.8) is 0 Å². The van der Waals surface area contributed by atoms with E-state index in [9.17, 15) is 18.0 Å². The fraction of sp³-hybridized carbons (Fsp3) is 0.326. The molecule has 1 heterocycles. The number of urea groups is 1. The number of hydrogen-bond donors (Lipinski definition) is 4. The van der Waals surface area contributed by atoms with E-state index in [1.807, 2.05) is 75.2 Å². The lowest BCUT2D eigenvalue weighted by molar-refractivity contribution is 0.0972. The van der Waals surface area contributed by atoms with Gasteiger partial charge in [-0.25, -0.2) is 13.2 Å². The highest BCUT2D eigenvalue weighted by Crippen LogP contribution is 2.40. The number of amides is 2. The lowest BCUT2D eigenvalue weighted by Gasteiger charge is -2.24. The minimum Gasteiger partial charge on any atom is -0.496 e. The quantitative estimate of drug-likeness (QED) is 0.0681. The smallest absolute Gasteiger partial charge is 0.323 e. The molecule has 14 heteroatoms. The minimum absolute atomic E-state index is 0.00239. The Bertz CT molecular complexity index is 2340. The third-order valence-corrected chi connectivity index (χ3v) is 9.82. The summed E-state index contributed by atoms with van der Waals surface area (Å²) in [5, 5.41) is 16.4. The Kier molecular flexibility index (Phi) is 13.8. The number of Topliss-reactive ketones (excluding diaryl/α,β-unsaturated/α-hetero) is 1. The normalized spacial score (nSPS) is 11.7. The number of nitrogens with zero attached hydrogens (tertiary/aromatic N) is 2. The number of nitrogens with one attached hydrogen (secondary N) is 3. The summed E-state index contributed by atoms with van der Waals surface area (Å²) in [5.41, 5.74) is 3.65. The van der Waals surface area contributed by atoms with Crippen LogP contribution in [0.15, 0.2) is 85.1 Å². The fourth-order valence-corrected chi connectivity index (χ4v) is 6.90. The van der Waals surface area contributed by atoms with Crippen LogP contribution in [0, 0.1) is 0 Å². The zero-order valence-electron chi connectivity index (χ0n) is 33.4. The Labute approximate surface area is 334 Å². The van der Waals surface area contributed by atoms with E-state index in [1.165, 1.54) is 7.11 Å². The van der Waals surface area contributed by atoms with Crippen LogP contribution in [0.3, 0.4) is 0 Å². The molecule has 0 aliphatic carbocycles. The highest BCUT2D eigenvalue weighted by molar-refractivity contribution is 7.92. The molecule has 5 aromatic rings. The first-order valence-electron chi connectivity index (χ1n) is 18.5. The number of pyridine rings is 1. The van der Waals surface area contributed by atoms with Gasteiger partial charge in [0, 0.05) is 48.1 Å². The lowest BCUT2D eigenvalue weighted by atomic mass is 9.86. The minimum atomic E-state index is -3.64. The molecule has 0 aliphatic rings. The second-order valence-electron chi connectivity index (χ2n) is 14.8. The van der Waals surface area contributed by atoms with Crippen molar-refractivity contribution in [3.8, 4) is 23.0 Å². The van der Waals surface area contributed by atoms with E-state index < -0.39 is 16.1 Å². The summed E-state index contributed by atoms with van der Waals surface area (Å²) in [6.07, 6.45) is 4.26. The number of carbonyl (C=O) groups excluding carboxylic acids is 2. The Morgan fingerprint density at radius 1 is 0.842 bits per heavy atom. The maximum atomic E-state index is 13.5. The summed E-state index contributed by atoms with van der Waals surface area (Å²) < 4.78 is 44.4. The van der Waals surface area contributed by atoms with Crippen molar-refractivity contribution in [2.24, 2.45) is 0 Å². The predicted molar refractivity (Wildman–Crippen MR) is 225 cm³/mol. The number of carbonyl (C=O) groups is 2. The van der Waals surface area contributed by atoms with Crippen LogP contribution in [0.2, 0.25) is 0 Å². The number of rotatable bonds is 17. The highest BCUT2D eigenvalue weighted by atomic mass is 32.2. The summed E-state index contributed by atoms with van der Waals surface area (Å²) in [6.45, 7) is 7.31. The second-order valence-corrected chi connectivity index (χ2v) is 16.6. The maximum Gasteiger partial charge on any atom is 0.323 e. The highest BCUT2D eigenvalue weighted by Gasteiger charge is 2.23. The average molecular weight is 798 g/mol. The molecule has 1 aromatic heterocycles. The van der Waals surface area contributed by atoms with E-state index >= 15 is 0 Å². The van der Waals surface area contributed by atoms with Crippen LogP contribution < -0.4 is 29.6 Å². The topological polar surface area (TPSA) is 168 Å². The van der Waals surface area contributed by atoms with E-state index in [1.54, 1.807) is 49.7 Å². The molecule has 13 nitrogen and oxygen atoms in total. The molecule has 2 amide bonds. The number of hydrogen-bond acceptors (Lipinski definition) is 10. The van der Waals surface area contributed by atoms with Crippen LogP contribution in [-0.4, -0.2) is 82.4 Å². The molecular weight excluding hydrogens is 747 g/mol. The van der Waals surface area contributed by atoms with E-state index in [0.717, 1.165) is 33.8 Å². The van der Waals surface area contributed by atoms with Gasteiger partial charge < -0.3 is 34.9 Å². The molecule has 302 valence electrons. The van der Waals surface area contributed by atoms with Gasteiger partial charge in [0.2, 0.25) is 10.0 Å². The molecule has 4 N–H and O–H groups in total. The van der Waals surface area contributed by atoms with Gasteiger partial charge in [-0.1, -0.05) is 51.1 Å². The molecule has 5 rings (SSSR count). The van der Waals surface area contributed by atoms with Gasteiger partial charge in [-0.3, -0.25) is 14.5 Å². The van der Waals surface area contributed by atoms with E-state index in [-0.39, 0.29) is 29.2 Å². The van der Waals surface area contributed by atoms with Crippen molar-refractivity contribution < 1.29 is 37.3 Å². The van der Waals surface area contributed by atoms with Gasteiger partial charge in [0.15, 0.2) is 11.5 Å². The van der Waals surface area contributed by atoms with Gasteiger partial charge in [-0.2, -0.15) is 0 Å². The molecule has 57 heavy (non-hydrogen) atoms. The van der Waals surface area contributed by atoms with Gasteiger partial charge in [0.1, 0.15) is 17.2 Å². The van der Waals surface area contributed by atoms with Crippen LogP contribution in [0.1, 0.15) is 60.8 Å². The standard InChI is InChI=1S/C43H51N5O8S/c1-43(2,3)29-25-36(41(55-6)37(26-29)47-57(7,52)53)46-42(51)45-35-16-17-39(33-12-9-8-11-32(33)35)56-31-18-19-44-30(27-31)23-28-14-15-34(40(24-28)54-5)38(50)13-10-20-48(4)21-22-49/h8-9,11-12,14-19,24-27,47,49H,10,13,20-23H2,1-7H3,(H2,45,46,51). The molecule has 0 saturated carbocycles. The molecule has 0 saturated heterocycles. The Hall–Kier alpha value is -5.70. The van der Waals surface area contributed by atoms with Gasteiger partial charge in [-0.15, -0.1) is 0 Å². The first-order chi connectivity index (χ1) is 27.1. The number of aliphatic hydroxyl groups is 1. The molecule has 0 fully saturated rings. The number of ether oxygens (including phenoxy) is 3. The number of anilines is 3. The Balaban J connectivity index is 1.32. The first-order valence-corrected chi connectivity index (χ1v) is 20.4. The third-order valence-electron chi connectivity index (χ3n) is 9.23. The van der Waals surface area contributed by atoms with Crippen molar-refractivity contribution in [2.45, 2.75) is 45.4 Å². The zero-order chi connectivity index (χ0) is 41.3. The van der Waals surface area contributed by atoms with Crippen LogP contribution in [0.25, 0.3) is 10.8 Å². The average Bonchev–Trinajstić information content (AvgIpc) is 3.15. The number of aromatic nitrogens is 1. The SMILES string of the molecule is COc1cc(Cc2cc(Oc3ccc(NC(=O)Nc4cc(C(C)(C)C)cc(NS(C)(=O)=O)c4OC)c4ccccc34)ccn2)ccc1C(=O)CCCN(C)CCO. The molecule has 0 aliphatic heterocycles. The molecular formula is C43H51N5O8S. The number of aliphatic hydroxyl groups excluding tert-OH is 1.